The third kappa shape index (κ3) is 2.49. The first-order chi connectivity index (χ1) is 8.63. The van der Waals surface area contributed by atoms with Crippen LogP contribution in [0.1, 0.15) is 19.4 Å². The van der Waals surface area contributed by atoms with E-state index < -0.39 is 0 Å². The zero-order valence-corrected chi connectivity index (χ0v) is 11.3. The molecule has 2 aromatic carbocycles. The Balaban J connectivity index is 2.46. The fraction of sp³-hybridized carbons (Fsp3) is 0.375. The average molecular weight is 243 g/mol. The molecule has 18 heavy (non-hydrogen) atoms. The summed E-state index contributed by atoms with van der Waals surface area (Å²) in [4.78, 5) is 0. The van der Waals surface area contributed by atoms with Gasteiger partial charge in [0.1, 0.15) is 5.75 Å². The molecule has 2 rings (SSSR count). The molecule has 0 saturated carbocycles. The second-order valence-electron chi connectivity index (χ2n) is 5.08. The molecular weight excluding hydrogens is 222 g/mol. The molecule has 0 aliphatic rings. The summed E-state index contributed by atoms with van der Waals surface area (Å²) in [5, 5.41) is 2.40. The minimum atomic E-state index is 0.196. The number of hydrogen-bond donors (Lipinski definition) is 1. The van der Waals surface area contributed by atoms with Gasteiger partial charge in [0.2, 0.25) is 0 Å². The van der Waals surface area contributed by atoms with Gasteiger partial charge in [0.05, 0.1) is 7.11 Å². The average Bonchev–Trinajstić information content (AvgIpc) is 2.39. The molecule has 1 atom stereocenters. The van der Waals surface area contributed by atoms with Crippen molar-refractivity contribution in [3.05, 3.63) is 42.0 Å². The van der Waals surface area contributed by atoms with Crippen molar-refractivity contribution < 1.29 is 4.74 Å². The summed E-state index contributed by atoms with van der Waals surface area (Å²) in [6.07, 6.45) is 0.905. The molecule has 0 aliphatic heterocycles. The van der Waals surface area contributed by atoms with Crippen LogP contribution in [-0.2, 0) is 6.42 Å². The van der Waals surface area contributed by atoms with Gasteiger partial charge in [-0.2, -0.15) is 0 Å². The lowest BCUT2D eigenvalue weighted by molar-refractivity contribution is 0.419. The number of rotatable bonds is 4. The quantitative estimate of drug-likeness (QED) is 0.893. The predicted octanol–water partition coefficient (Wildman–Crippen LogP) is 3.37. The maximum absolute atomic E-state index is 6.18. The van der Waals surface area contributed by atoms with Gasteiger partial charge >= 0.3 is 0 Å². The van der Waals surface area contributed by atoms with E-state index in [0.29, 0.717) is 5.92 Å². The van der Waals surface area contributed by atoms with Crippen LogP contribution in [0.15, 0.2) is 36.4 Å². The van der Waals surface area contributed by atoms with Crippen LogP contribution in [0.4, 0.5) is 0 Å². The molecule has 2 heteroatoms. The molecular formula is C16H21NO. The Morgan fingerprint density at radius 1 is 1.06 bits per heavy atom. The maximum atomic E-state index is 6.18. The first kappa shape index (κ1) is 12.9. The molecule has 0 spiro atoms. The maximum Gasteiger partial charge on any atom is 0.126 e. The number of hydrogen-bond acceptors (Lipinski definition) is 2. The van der Waals surface area contributed by atoms with E-state index in [1.165, 1.54) is 10.9 Å². The molecule has 0 aromatic heterocycles. The summed E-state index contributed by atoms with van der Waals surface area (Å²) < 4.78 is 5.40. The Hall–Kier alpha value is -1.54. The summed E-state index contributed by atoms with van der Waals surface area (Å²) in [5.74, 6) is 1.42. The summed E-state index contributed by atoms with van der Waals surface area (Å²) in [6, 6.07) is 12.7. The van der Waals surface area contributed by atoms with Gasteiger partial charge in [-0.25, -0.2) is 0 Å². The van der Waals surface area contributed by atoms with E-state index in [0.717, 1.165) is 17.6 Å². The number of fused-ring (bicyclic) bond motifs is 1. The number of ether oxygens (including phenoxy) is 1. The zero-order valence-electron chi connectivity index (χ0n) is 11.3. The van der Waals surface area contributed by atoms with E-state index >= 15 is 0 Å². The molecule has 2 N–H and O–H groups in total. The lowest BCUT2D eigenvalue weighted by atomic mass is 9.93. The molecule has 0 radical (unpaired) electrons. The van der Waals surface area contributed by atoms with Crippen molar-refractivity contribution in [3.63, 3.8) is 0 Å². The van der Waals surface area contributed by atoms with Crippen molar-refractivity contribution in [2.24, 2.45) is 11.7 Å². The van der Waals surface area contributed by atoms with Crippen LogP contribution in [0.3, 0.4) is 0 Å². The molecule has 0 saturated heterocycles. The van der Waals surface area contributed by atoms with E-state index in [2.05, 4.69) is 38.1 Å². The standard InChI is InChI=1S/C16H21NO/c1-11(2)15(17)10-12-8-9-16(18-3)14-7-5-4-6-13(12)14/h4-9,11,15H,10,17H2,1-3H3. The van der Waals surface area contributed by atoms with E-state index in [9.17, 15) is 0 Å². The van der Waals surface area contributed by atoms with Gasteiger partial charge in [0, 0.05) is 11.4 Å². The number of methoxy groups -OCH3 is 1. The third-order valence-corrected chi connectivity index (χ3v) is 3.51. The van der Waals surface area contributed by atoms with Gasteiger partial charge in [-0.15, -0.1) is 0 Å². The second-order valence-corrected chi connectivity index (χ2v) is 5.08. The van der Waals surface area contributed by atoms with Crippen LogP contribution in [0.2, 0.25) is 0 Å². The van der Waals surface area contributed by atoms with Gasteiger partial charge in [0.15, 0.2) is 0 Å². The molecule has 2 aromatic rings. The molecule has 0 aliphatic carbocycles. The molecule has 0 amide bonds. The second kappa shape index (κ2) is 5.40. The van der Waals surface area contributed by atoms with Crippen LogP contribution in [-0.4, -0.2) is 13.2 Å². The number of benzene rings is 2. The van der Waals surface area contributed by atoms with Crippen molar-refractivity contribution in [2.75, 3.05) is 7.11 Å². The third-order valence-electron chi connectivity index (χ3n) is 3.51. The molecule has 0 heterocycles. The van der Waals surface area contributed by atoms with Crippen LogP contribution < -0.4 is 10.5 Å². The Kier molecular flexibility index (Phi) is 3.87. The molecule has 0 fully saturated rings. The van der Waals surface area contributed by atoms with Crippen molar-refractivity contribution in [2.45, 2.75) is 26.3 Å². The fourth-order valence-electron chi connectivity index (χ4n) is 2.18. The Bertz CT molecular complexity index is 534. The SMILES string of the molecule is COc1ccc(CC(N)C(C)C)c2ccccc12. The lowest BCUT2D eigenvalue weighted by Crippen LogP contribution is -2.28. The van der Waals surface area contributed by atoms with Gasteiger partial charge in [-0.3, -0.25) is 0 Å². The van der Waals surface area contributed by atoms with E-state index in [-0.39, 0.29) is 6.04 Å². The summed E-state index contributed by atoms with van der Waals surface area (Å²) in [5.41, 5.74) is 7.48. The minimum absolute atomic E-state index is 0.196. The van der Waals surface area contributed by atoms with Crippen molar-refractivity contribution in [1.82, 2.24) is 0 Å². The van der Waals surface area contributed by atoms with E-state index in [4.69, 9.17) is 10.5 Å². The highest BCUT2D eigenvalue weighted by molar-refractivity contribution is 5.91. The van der Waals surface area contributed by atoms with Crippen LogP contribution >= 0.6 is 0 Å². The monoisotopic (exact) mass is 243 g/mol. The summed E-state index contributed by atoms with van der Waals surface area (Å²) in [7, 11) is 1.71. The molecule has 96 valence electrons. The molecule has 1 unspecified atom stereocenters. The first-order valence-corrected chi connectivity index (χ1v) is 6.43. The number of nitrogens with two attached hydrogens (primary N) is 1. The lowest BCUT2D eigenvalue weighted by Gasteiger charge is -2.17. The van der Waals surface area contributed by atoms with E-state index in [1.807, 2.05) is 12.1 Å². The van der Waals surface area contributed by atoms with Gasteiger partial charge in [0.25, 0.3) is 0 Å². The van der Waals surface area contributed by atoms with Crippen LogP contribution in [0, 0.1) is 5.92 Å². The zero-order chi connectivity index (χ0) is 13.1. The highest BCUT2D eigenvalue weighted by Gasteiger charge is 2.12. The van der Waals surface area contributed by atoms with Gasteiger partial charge < -0.3 is 10.5 Å². The van der Waals surface area contributed by atoms with Crippen molar-refractivity contribution in [3.8, 4) is 5.75 Å². The normalized spacial score (nSPS) is 12.9. The molecule has 2 nitrogen and oxygen atoms in total. The topological polar surface area (TPSA) is 35.2 Å². The van der Waals surface area contributed by atoms with Gasteiger partial charge in [-0.1, -0.05) is 44.2 Å². The predicted molar refractivity (Wildman–Crippen MR) is 77.0 cm³/mol. The summed E-state index contributed by atoms with van der Waals surface area (Å²) in [6.45, 7) is 4.33. The highest BCUT2D eigenvalue weighted by Crippen LogP contribution is 2.29. The van der Waals surface area contributed by atoms with Crippen LogP contribution in [0.5, 0.6) is 5.75 Å². The summed E-state index contributed by atoms with van der Waals surface area (Å²) >= 11 is 0. The Morgan fingerprint density at radius 3 is 2.33 bits per heavy atom. The Labute approximate surface area is 109 Å². The fourth-order valence-corrected chi connectivity index (χ4v) is 2.18. The van der Waals surface area contributed by atoms with Gasteiger partial charge in [-0.05, 0) is 29.4 Å². The van der Waals surface area contributed by atoms with E-state index in [1.54, 1.807) is 7.11 Å². The van der Waals surface area contributed by atoms with Crippen molar-refractivity contribution in [1.29, 1.82) is 0 Å². The first-order valence-electron chi connectivity index (χ1n) is 6.43. The van der Waals surface area contributed by atoms with Crippen LogP contribution in [0.25, 0.3) is 10.8 Å². The Morgan fingerprint density at radius 2 is 1.72 bits per heavy atom. The highest BCUT2D eigenvalue weighted by atomic mass is 16.5. The van der Waals surface area contributed by atoms with Crippen molar-refractivity contribution >= 4 is 10.8 Å². The smallest absolute Gasteiger partial charge is 0.126 e. The largest absolute Gasteiger partial charge is 0.496 e. The molecule has 0 bridgehead atoms. The minimum Gasteiger partial charge on any atom is -0.496 e.